The molecule has 0 bridgehead atoms. The van der Waals surface area contributed by atoms with Crippen molar-refractivity contribution in [1.82, 2.24) is 9.97 Å². The molecule has 0 amide bonds. The molecule has 0 spiro atoms. The van der Waals surface area contributed by atoms with E-state index in [0.29, 0.717) is 5.15 Å². The van der Waals surface area contributed by atoms with Gasteiger partial charge in [0.25, 0.3) is 0 Å². The number of hydrogen-bond donors (Lipinski definition) is 1. The number of halogens is 1. The minimum absolute atomic E-state index is 0.228. The molecule has 0 atom stereocenters. The maximum Gasteiger partial charge on any atom is 0.222 e. The number of anilines is 1. The van der Waals surface area contributed by atoms with Gasteiger partial charge in [-0.1, -0.05) is 35.9 Å². The standard InChI is InChI=1S/C12H10ClN3S/c13-11-10-9(15-12(14)16-11)8-4-2-1-3-7(8)5-6-17-10/h1-4H,5-6H2,(H2,14,15,16). The molecule has 1 aliphatic rings. The van der Waals surface area contributed by atoms with Gasteiger partial charge < -0.3 is 5.73 Å². The number of benzene rings is 1. The molecular weight excluding hydrogens is 254 g/mol. The highest BCUT2D eigenvalue weighted by Crippen LogP contribution is 2.39. The van der Waals surface area contributed by atoms with Gasteiger partial charge in [0.1, 0.15) is 5.15 Å². The van der Waals surface area contributed by atoms with Crippen LogP contribution in [-0.2, 0) is 6.42 Å². The number of aryl methyl sites for hydroxylation is 1. The van der Waals surface area contributed by atoms with Crippen molar-refractivity contribution in [2.45, 2.75) is 11.3 Å². The summed E-state index contributed by atoms with van der Waals surface area (Å²) in [6.45, 7) is 0. The van der Waals surface area contributed by atoms with E-state index in [1.165, 1.54) is 5.56 Å². The lowest BCUT2D eigenvalue weighted by atomic mass is 10.0. The summed E-state index contributed by atoms with van der Waals surface area (Å²) >= 11 is 7.82. The Morgan fingerprint density at radius 3 is 2.94 bits per heavy atom. The van der Waals surface area contributed by atoms with Crippen LogP contribution in [-0.4, -0.2) is 15.7 Å². The van der Waals surface area contributed by atoms with Gasteiger partial charge in [0.15, 0.2) is 0 Å². The summed E-state index contributed by atoms with van der Waals surface area (Å²) in [5.41, 5.74) is 8.94. The van der Waals surface area contributed by atoms with E-state index >= 15 is 0 Å². The lowest BCUT2D eigenvalue weighted by Gasteiger charge is -2.08. The number of hydrogen-bond acceptors (Lipinski definition) is 4. The van der Waals surface area contributed by atoms with Crippen molar-refractivity contribution < 1.29 is 0 Å². The molecule has 1 aliphatic heterocycles. The molecule has 1 aromatic heterocycles. The number of rotatable bonds is 0. The van der Waals surface area contributed by atoms with Gasteiger partial charge in [0.2, 0.25) is 5.95 Å². The van der Waals surface area contributed by atoms with Crippen molar-refractivity contribution in [1.29, 1.82) is 0 Å². The minimum atomic E-state index is 0.228. The molecule has 0 unspecified atom stereocenters. The van der Waals surface area contributed by atoms with Crippen LogP contribution in [0.2, 0.25) is 5.15 Å². The van der Waals surface area contributed by atoms with Crippen LogP contribution in [0.25, 0.3) is 11.3 Å². The molecule has 5 heteroatoms. The molecule has 2 aromatic rings. The van der Waals surface area contributed by atoms with Crippen molar-refractivity contribution in [2.24, 2.45) is 0 Å². The third kappa shape index (κ3) is 1.87. The van der Waals surface area contributed by atoms with E-state index in [9.17, 15) is 0 Å². The Bertz CT molecular complexity index is 586. The Labute approximate surface area is 108 Å². The minimum Gasteiger partial charge on any atom is -0.368 e. The molecule has 17 heavy (non-hydrogen) atoms. The monoisotopic (exact) mass is 263 g/mol. The lowest BCUT2D eigenvalue weighted by Crippen LogP contribution is -1.99. The van der Waals surface area contributed by atoms with Gasteiger partial charge in [-0.25, -0.2) is 9.97 Å². The van der Waals surface area contributed by atoms with Crippen LogP contribution in [0.5, 0.6) is 0 Å². The summed E-state index contributed by atoms with van der Waals surface area (Å²) in [5, 5.41) is 0.453. The zero-order valence-electron chi connectivity index (χ0n) is 8.98. The van der Waals surface area contributed by atoms with Gasteiger partial charge in [-0.15, -0.1) is 11.8 Å². The van der Waals surface area contributed by atoms with Gasteiger partial charge in [-0.05, 0) is 12.0 Å². The molecule has 86 valence electrons. The van der Waals surface area contributed by atoms with Gasteiger partial charge in [0.05, 0.1) is 10.6 Å². The first kappa shape index (κ1) is 10.9. The van der Waals surface area contributed by atoms with E-state index in [0.717, 1.165) is 28.3 Å². The summed E-state index contributed by atoms with van der Waals surface area (Å²) in [7, 11) is 0. The summed E-state index contributed by atoms with van der Waals surface area (Å²) in [6, 6.07) is 8.23. The summed E-state index contributed by atoms with van der Waals surface area (Å²) < 4.78 is 0. The van der Waals surface area contributed by atoms with Crippen LogP contribution in [0.1, 0.15) is 5.56 Å². The Balaban J connectivity index is 2.32. The van der Waals surface area contributed by atoms with Crippen LogP contribution in [0, 0.1) is 0 Å². The van der Waals surface area contributed by atoms with E-state index in [1.54, 1.807) is 11.8 Å². The fourth-order valence-electron chi connectivity index (χ4n) is 1.98. The quantitative estimate of drug-likeness (QED) is 0.743. The second-order valence-electron chi connectivity index (χ2n) is 3.81. The molecule has 3 nitrogen and oxygen atoms in total. The third-order valence-corrected chi connectivity index (χ3v) is 4.20. The zero-order chi connectivity index (χ0) is 11.8. The maximum atomic E-state index is 6.13. The topological polar surface area (TPSA) is 51.8 Å². The van der Waals surface area contributed by atoms with E-state index in [1.807, 2.05) is 12.1 Å². The first-order valence-corrected chi connectivity index (χ1v) is 6.66. The molecule has 0 radical (unpaired) electrons. The highest BCUT2D eigenvalue weighted by atomic mass is 35.5. The van der Waals surface area contributed by atoms with Crippen molar-refractivity contribution in [3.05, 3.63) is 35.0 Å². The fourth-order valence-corrected chi connectivity index (χ4v) is 3.31. The van der Waals surface area contributed by atoms with Crippen LogP contribution in [0.4, 0.5) is 5.95 Å². The molecule has 0 saturated heterocycles. The van der Waals surface area contributed by atoms with Gasteiger partial charge in [0, 0.05) is 11.3 Å². The number of nitrogen functional groups attached to an aromatic ring is 1. The van der Waals surface area contributed by atoms with E-state index in [4.69, 9.17) is 17.3 Å². The van der Waals surface area contributed by atoms with Crippen molar-refractivity contribution in [3.8, 4) is 11.3 Å². The first-order valence-electron chi connectivity index (χ1n) is 5.30. The molecule has 2 N–H and O–H groups in total. The predicted molar refractivity (Wildman–Crippen MR) is 71.3 cm³/mol. The number of aromatic nitrogens is 2. The third-order valence-electron chi connectivity index (χ3n) is 2.73. The van der Waals surface area contributed by atoms with Gasteiger partial charge >= 0.3 is 0 Å². The first-order chi connectivity index (χ1) is 8.25. The summed E-state index contributed by atoms with van der Waals surface area (Å²) in [4.78, 5) is 9.29. The predicted octanol–water partition coefficient (Wildman–Crippen LogP) is 3.03. The molecule has 2 heterocycles. The highest BCUT2D eigenvalue weighted by molar-refractivity contribution is 7.99. The second-order valence-corrected chi connectivity index (χ2v) is 5.27. The van der Waals surface area contributed by atoms with Gasteiger partial charge in [-0.3, -0.25) is 0 Å². The normalized spacial score (nSPS) is 13.7. The fraction of sp³-hybridized carbons (Fsp3) is 0.167. The van der Waals surface area contributed by atoms with Crippen LogP contribution in [0.15, 0.2) is 29.2 Å². The Kier molecular flexibility index (Phi) is 2.68. The molecule has 3 rings (SSSR count). The molecule has 0 fully saturated rings. The number of nitrogens with two attached hydrogens (primary N) is 1. The lowest BCUT2D eigenvalue weighted by molar-refractivity contribution is 1.12. The Morgan fingerprint density at radius 1 is 1.24 bits per heavy atom. The molecule has 0 aliphatic carbocycles. The van der Waals surface area contributed by atoms with Crippen LogP contribution in [0.3, 0.4) is 0 Å². The number of nitrogens with zero attached hydrogens (tertiary/aromatic N) is 2. The van der Waals surface area contributed by atoms with Crippen molar-refractivity contribution in [3.63, 3.8) is 0 Å². The summed E-state index contributed by atoms with van der Waals surface area (Å²) in [6.07, 6.45) is 1.01. The van der Waals surface area contributed by atoms with Crippen molar-refractivity contribution >= 4 is 29.3 Å². The average molecular weight is 264 g/mol. The second kappa shape index (κ2) is 4.20. The van der Waals surface area contributed by atoms with Crippen LogP contribution >= 0.6 is 23.4 Å². The van der Waals surface area contributed by atoms with E-state index in [-0.39, 0.29) is 5.95 Å². The Hall–Kier alpha value is -1.26. The van der Waals surface area contributed by atoms with Crippen molar-refractivity contribution in [2.75, 3.05) is 11.5 Å². The van der Waals surface area contributed by atoms with E-state index < -0.39 is 0 Å². The average Bonchev–Trinajstić information content (AvgIpc) is 2.49. The SMILES string of the molecule is Nc1nc(Cl)c2c(n1)-c1ccccc1CCS2. The maximum absolute atomic E-state index is 6.13. The number of thioether (sulfide) groups is 1. The largest absolute Gasteiger partial charge is 0.368 e. The Morgan fingerprint density at radius 2 is 2.06 bits per heavy atom. The highest BCUT2D eigenvalue weighted by Gasteiger charge is 2.19. The van der Waals surface area contributed by atoms with E-state index in [2.05, 4.69) is 22.1 Å². The van der Waals surface area contributed by atoms with Gasteiger partial charge in [-0.2, -0.15) is 0 Å². The number of fused-ring (bicyclic) bond motifs is 3. The molecule has 0 saturated carbocycles. The molecule has 1 aromatic carbocycles. The zero-order valence-corrected chi connectivity index (χ0v) is 10.6. The smallest absolute Gasteiger partial charge is 0.222 e. The summed E-state index contributed by atoms with van der Waals surface area (Å²) in [5.74, 6) is 1.21. The van der Waals surface area contributed by atoms with Crippen LogP contribution < -0.4 is 5.73 Å². The molecular formula is C12H10ClN3S.